The quantitative estimate of drug-likeness (QED) is 0.827. The molecule has 4 nitrogen and oxygen atoms in total. The van der Waals surface area contributed by atoms with Gasteiger partial charge in [0.1, 0.15) is 5.82 Å². The third-order valence-electron chi connectivity index (χ3n) is 5.27. The molecule has 2 amide bonds. The van der Waals surface area contributed by atoms with Crippen molar-refractivity contribution in [1.29, 1.82) is 0 Å². The number of nitrogens with zero attached hydrogens (tertiary/aromatic N) is 2. The maximum absolute atomic E-state index is 13.0. The van der Waals surface area contributed by atoms with E-state index in [-0.39, 0.29) is 23.5 Å². The van der Waals surface area contributed by atoms with Gasteiger partial charge in [-0.3, -0.25) is 9.59 Å². The van der Waals surface area contributed by atoms with Gasteiger partial charge in [0.25, 0.3) is 5.91 Å². The molecule has 142 valence electrons. The van der Waals surface area contributed by atoms with Gasteiger partial charge >= 0.3 is 0 Å². The summed E-state index contributed by atoms with van der Waals surface area (Å²) in [6.45, 7) is 3.74. The molecule has 5 heteroatoms. The number of carbonyl (C=O) groups excluding carboxylic acids is 2. The van der Waals surface area contributed by atoms with Crippen molar-refractivity contribution in [3.63, 3.8) is 0 Å². The van der Waals surface area contributed by atoms with Crippen LogP contribution >= 0.6 is 0 Å². The normalized spacial score (nSPS) is 14.9. The minimum absolute atomic E-state index is 0.0590. The number of rotatable bonds is 4. The maximum atomic E-state index is 13.0. The van der Waals surface area contributed by atoms with Crippen molar-refractivity contribution in [1.82, 2.24) is 9.80 Å². The maximum Gasteiger partial charge on any atom is 0.253 e. The smallest absolute Gasteiger partial charge is 0.253 e. The Bertz CT molecular complexity index is 811. The summed E-state index contributed by atoms with van der Waals surface area (Å²) in [6, 6.07) is 13.7. The molecule has 1 heterocycles. The van der Waals surface area contributed by atoms with E-state index in [0.717, 1.165) is 5.56 Å². The first-order valence-corrected chi connectivity index (χ1v) is 9.30. The molecule has 0 radical (unpaired) electrons. The van der Waals surface area contributed by atoms with Gasteiger partial charge in [0.2, 0.25) is 5.91 Å². The summed E-state index contributed by atoms with van der Waals surface area (Å²) < 4.78 is 13.0. The van der Waals surface area contributed by atoms with E-state index in [1.54, 1.807) is 9.80 Å². The van der Waals surface area contributed by atoms with Gasteiger partial charge in [-0.2, -0.15) is 0 Å². The van der Waals surface area contributed by atoms with Crippen LogP contribution in [-0.4, -0.2) is 41.8 Å². The van der Waals surface area contributed by atoms with Gasteiger partial charge in [0.15, 0.2) is 0 Å². The number of amides is 2. The first-order chi connectivity index (χ1) is 13.0. The van der Waals surface area contributed by atoms with Crippen LogP contribution in [0, 0.1) is 18.7 Å². The third kappa shape index (κ3) is 4.54. The molecule has 27 heavy (non-hydrogen) atoms. The lowest BCUT2D eigenvalue weighted by molar-refractivity contribution is -0.136. The van der Waals surface area contributed by atoms with Crippen molar-refractivity contribution >= 4 is 11.8 Å². The van der Waals surface area contributed by atoms with E-state index in [9.17, 15) is 14.0 Å². The molecular formula is C22H25FN2O2. The Hall–Kier alpha value is -2.69. The molecule has 1 fully saturated rings. The van der Waals surface area contributed by atoms with Crippen molar-refractivity contribution < 1.29 is 14.0 Å². The fourth-order valence-electron chi connectivity index (χ4n) is 3.54. The van der Waals surface area contributed by atoms with Crippen molar-refractivity contribution in [3.05, 3.63) is 71.0 Å². The van der Waals surface area contributed by atoms with E-state index in [0.29, 0.717) is 38.0 Å². The molecule has 0 aliphatic carbocycles. The zero-order valence-corrected chi connectivity index (χ0v) is 15.8. The van der Waals surface area contributed by atoms with Gasteiger partial charge < -0.3 is 9.80 Å². The second-order valence-corrected chi connectivity index (χ2v) is 7.19. The lowest BCUT2D eigenvalue weighted by Gasteiger charge is -2.33. The third-order valence-corrected chi connectivity index (χ3v) is 5.27. The Kier molecular flexibility index (Phi) is 5.89. The number of likely N-dealkylation sites (tertiary alicyclic amines) is 1. The van der Waals surface area contributed by atoms with E-state index < -0.39 is 0 Å². The fourth-order valence-corrected chi connectivity index (χ4v) is 3.54. The summed E-state index contributed by atoms with van der Waals surface area (Å²) in [5, 5.41) is 0. The van der Waals surface area contributed by atoms with Crippen molar-refractivity contribution in [3.8, 4) is 0 Å². The number of piperidine rings is 1. The number of benzene rings is 2. The van der Waals surface area contributed by atoms with Gasteiger partial charge in [-0.1, -0.05) is 24.3 Å². The Morgan fingerprint density at radius 2 is 1.70 bits per heavy atom. The summed E-state index contributed by atoms with van der Waals surface area (Å²) in [7, 11) is 1.84. The van der Waals surface area contributed by atoms with E-state index >= 15 is 0 Å². The highest BCUT2D eigenvalue weighted by Gasteiger charge is 2.29. The summed E-state index contributed by atoms with van der Waals surface area (Å²) in [5.74, 6) is -0.384. The van der Waals surface area contributed by atoms with E-state index in [4.69, 9.17) is 0 Å². The minimum atomic E-state index is -0.354. The summed E-state index contributed by atoms with van der Waals surface area (Å²) in [6.07, 6.45) is 1.31. The largest absolute Gasteiger partial charge is 0.341 e. The highest BCUT2D eigenvalue weighted by molar-refractivity contribution is 5.94. The molecule has 0 spiro atoms. The van der Waals surface area contributed by atoms with Gasteiger partial charge in [-0.25, -0.2) is 4.39 Å². The fraction of sp³-hybridized carbons (Fsp3) is 0.364. The number of aryl methyl sites for hydroxylation is 1. The molecule has 0 unspecified atom stereocenters. The van der Waals surface area contributed by atoms with Crippen LogP contribution in [0.2, 0.25) is 0 Å². The Morgan fingerprint density at radius 1 is 1.07 bits per heavy atom. The predicted octanol–water partition coefficient (Wildman–Crippen LogP) is 3.64. The molecule has 2 aromatic carbocycles. The zero-order valence-electron chi connectivity index (χ0n) is 15.8. The van der Waals surface area contributed by atoms with Crippen LogP contribution in [0.4, 0.5) is 4.39 Å². The Morgan fingerprint density at radius 3 is 2.33 bits per heavy atom. The second-order valence-electron chi connectivity index (χ2n) is 7.19. The van der Waals surface area contributed by atoms with Crippen LogP contribution in [0.5, 0.6) is 0 Å². The molecule has 1 saturated heterocycles. The highest BCUT2D eigenvalue weighted by Crippen LogP contribution is 2.22. The average Bonchev–Trinajstić information content (AvgIpc) is 2.69. The number of hydrogen-bond donors (Lipinski definition) is 0. The van der Waals surface area contributed by atoms with Gasteiger partial charge in [-0.05, 0) is 55.2 Å². The molecule has 3 rings (SSSR count). The zero-order chi connectivity index (χ0) is 19.4. The van der Waals surface area contributed by atoms with Crippen LogP contribution in [0.3, 0.4) is 0 Å². The molecule has 0 N–H and O–H groups in total. The van der Waals surface area contributed by atoms with Crippen molar-refractivity contribution in [2.24, 2.45) is 5.92 Å². The van der Waals surface area contributed by atoms with E-state index in [1.807, 2.05) is 38.2 Å². The van der Waals surface area contributed by atoms with Crippen LogP contribution in [0.15, 0.2) is 48.5 Å². The molecule has 1 aliphatic heterocycles. The molecule has 0 aromatic heterocycles. The number of carbonyl (C=O) groups is 2. The monoisotopic (exact) mass is 368 g/mol. The topological polar surface area (TPSA) is 40.6 Å². The molecular weight excluding hydrogens is 343 g/mol. The molecule has 1 aliphatic rings. The van der Waals surface area contributed by atoms with E-state index in [1.165, 1.54) is 29.8 Å². The molecule has 2 aromatic rings. The minimum Gasteiger partial charge on any atom is -0.341 e. The molecule has 0 bridgehead atoms. The van der Waals surface area contributed by atoms with E-state index in [2.05, 4.69) is 0 Å². The predicted molar refractivity (Wildman–Crippen MR) is 103 cm³/mol. The Balaban J connectivity index is 1.55. The van der Waals surface area contributed by atoms with Crippen LogP contribution in [0.25, 0.3) is 0 Å². The molecule has 0 atom stereocenters. The van der Waals surface area contributed by atoms with Crippen LogP contribution in [-0.2, 0) is 11.3 Å². The van der Waals surface area contributed by atoms with Gasteiger partial charge in [-0.15, -0.1) is 0 Å². The summed E-state index contributed by atoms with van der Waals surface area (Å²) in [5.41, 5.74) is 2.81. The number of hydrogen-bond acceptors (Lipinski definition) is 2. The summed E-state index contributed by atoms with van der Waals surface area (Å²) in [4.78, 5) is 28.8. The summed E-state index contributed by atoms with van der Waals surface area (Å²) >= 11 is 0. The average molecular weight is 368 g/mol. The second kappa shape index (κ2) is 8.33. The highest BCUT2D eigenvalue weighted by atomic mass is 19.1. The van der Waals surface area contributed by atoms with Gasteiger partial charge in [0, 0.05) is 38.2 Å². The lowest BCUT2D eigenvalue weighted by Crippen LogP contribution is -2.43. The van der Waals surface area contributed by atoms with Crippen molar-refractivity contribution in [2.75, 3.05) is 20.1 Å². The molecule has 0 saturated carbocycles. The van der Waals surface area contributed by atoms with Crippen LogP contribution < -0.4 is 0 Å². The lowest BCUT2D eigenvalue weighted by atomic mass is 9.94. The first kappa shape index (κ1) is 19.1. The van der Waals surface area contributed by atoms with Crippen LogP contribution in [0.1, 0.15) is 34.3 Å². The first-order valence-electron chi connectivity index (χ1n) is 9.30. The SMILES string of the molecule is Cc1ccccc1CN(C)C(=O)C1CCN(C(=O)c2ccc(F)cc2)CC1. The Labute approximate surface area is 159 Å². The standard InChI is InChI=1S/C22H25FN2O2/c1-16-5-3-4-6-19(16)15-24(2)21(26)18-11-13-25(14-12-18)22(27)17-7-9-20(23)10-8-17/h3-10,18H,11-15H2,1-2H3. The number of halogens is 1. The van der Waals surface area contributed by atoms with Crippen molar-refractivity contribution in [2.45, 2.75) is 26.3 Å². The van der Waals surface area contributed by atoms with Gasteiger partial charge in [0.05, 0.1) is 0 Å².